The summed E-state index contributed by atoms with van der Waals surface area (Å²) in [5.74, 6) is 0. The van der Waals surface area contributed by atoms with E-state index in [9.17, 15) is 5.11 Å². The molecule has 2 aromatic carbocycles. The van der Waals surface area contributed by atoms with Gasteiger partial charge in [-0.05, 0) is 41.8 Å². The van der Waals surface area contributed by atoms with Crippen molar-refractivity contribution in [3.63, 3.8) is 0 Å². The monoisotopic (exact) mass is 354 g/mol. The van der Waals surface area contributed by atoms with Crippen LogP contribution in [0.2, 0.25) is 0 Å². The van der Waals surface area contributed by atoms with E-state index in [0.717, 1.165) is 25.6 Å². The Bertz CT molecular complexity index is 520. The molecular weight excluding hydrogens is 344 g/mol. The van der Waals surface area contributed by atoms with Crippen LogP contribution in [-0.4, -0.2) is 5.11 Å². The molecule has 2 aromatic rings. The summed E-state index contributed by atoms with van der Waals surface area (Å²) in [6, 6.07) is 13.6. The molecule has 1 unspecified atom stereocenters. The molecule has 0 heterocycles. The number of aliphatic hydroxyl groups is 1. The number of hydrogen-bond donors (Lipinski definition) is 1. The number of benzene rings is 2. The van der Waals surface area contributed by atoms with Crippen LogP contribution >= 0.6 is 31.9 Å². The van der Waals surface area contributed by atoms with E-state index in [0.29, 0.717) is 0 Å². The van der Waals surface area contributed by atoms with E-state index in [-0.39, 0.29) is 0 Å². The first-order valence-electron chi connectivity index (χ1n) is 5.27. The number of rotatable bonds is 2. The van der Waals surface area contributed by atoms with Gasteiger partial charge in [0, 0.05) is 8.95 Å². The van der Waals surface area contributed by atoms with E-state index in [2.05, 4.69) is 31.9 Å². The Hall–Kier alpha value is -0.640. The predicted octanol–water partition coefficient (Wildman–Crippen LogP) is 4.60. The minimum atomic E-state index is -0.574. The molecule has 2 rings (SSSR count). The van der Waals surface area contributed by atoms with Gasteiger partial charge in [0.25, 0.3) is 0 Å². The fourth-order valence-electron chi connectivity index (χ4n) is 1.68. The van der Waals surface area contributed by atoms with Crippen LogP contribution in [0.4, 0.5) is 0 Å². The molecule has 0 spiro atoms. The summed E-state index contributed by atoms with van der Waals surface area (Å²) < 4.78 is 2.07. The molecule has 0 amide bonds. The summed E-state index contributed by atoms with van der Waals surface area (Å²) in [6.07, 6.45) is -0.574. The molecule has 17 heavy (non-hydrogen) atoms. The molecule has 0 aliphatic carbocycles. The number of hydrogen-bond acceptors (Lipinski definition) is 1. The number of aryl methyl sites for hydroxylation is 1. The second-order valence-electron chi connectivity index (χ2n) is 3.96. The van der Waals surface area contributed by atoms with Gasteiger partial charge >= 0.3 is 0 Å². The van der Waals surface area contributed by atoms with Gasteiger partial charge in [0.15, 0.2) is 0 Å². The normalized spacial score (nSPS) is 12.5. The van der Waals surface area contributed by atoms with Crippen LogP contribution in [0.5, 0.6) is 0 Å². The zero-order chi connectivity index (χ0) is 12.4. The lowest BCUT2D eigenvalue weighted by Crippen LogP contribution is -1.99. The molecule has 1 atom stereocenters. The summed E-state index contributed by atoms with van der Waals surface area (Å²) in [4.78, 5) is 0. The smallest absolute Gasteiger partial charge is 0.104 e. The Labute approximate surface area is 118 Å². The molecular formula is C14H12Br2O. The second-order valence-corrected chi connectivity index (χ2v) is 5.73. The van der Waals surface area contributed by atoms with Gasteiger partial charge in [0.2, 0.25) is 0 Å². The van der Waals surface area contributed by atoms with Gasteiger partial charge < -0.3 is 5.11 Å². The minimum absolute atomic E-state index is 0.574. The predicted molar refractivity (Wildman–Crippen MR) is 77.1 cm³/mol. The standard InChI is InChI=1S/C14H12Br2O/c1-9-8-11(4-7-13(9)16)14(17)10-2-5-12(15)6-3-10/h2-8,14,17H,1H3. The van der Waals surface area contributed by atoms with Crippen LogP contribution in [0.3, 0.4) is 0 Å². The first kappa shape index (κ1) is 12.8. The van der Waals surface area contributed by atoms with Gasteiger partial charge in [-0.25, -0.2) is 0 Å². The van der Waals surface area contributed by atoms with Crippen molar-refractivity contribution >= 4 is 31.9 Å². The Balaban J connectivity index is 2.33. The molecule has 3 heteroatoms. The van der Waals surface area contributed by atoms with E-state index in [1.54, 1.807) is 0 Å². The van der Waals surface area contributed by atoms with Crippen molar-refractivity contribution in [1.82, 2.24) is 0 Å². The van der Waals surface area contributed by atoms with Crippen molar-refractivity contribution in [2.75, 3.05) is 0 Å². The molecule has 88 valence electrons. The maximum Gasteiger partial charge on any atom is 0.104 e. The average Bonchev–Trinajstić information content (AvgIpc) is 2.33. The SMILES string of the molecule is Cc1cc(C(O)c2ccc(Br)cc2)ccc1Br. The molecule has 0 radical (unpaired) electrons. The fourth-order valence-corrected chi connectivity index (χ4v) is 2.19. The van der Waals surface area contributed by atoms with Crippen LogP contribution in [0.1, 0.15) is 22.8 Å². The zero-order valence-electron chi connectivity index (χ0n) is 9.32. The quantitative estimate of drug-likeness (QED) is 0.834. The van der Waals surface area contributed by atoms with Gasteiger partial charge in [-0.2, -0.15) is 0 Å². The molecule has 1 N–H and O–H groups in total. The summed E-state index contributed by atoms with van der Waals surface area (Å²) in [5, 5.41) is 10.3. The third kappa shape index (κ3) is 2.97. The highest BCUT2D eigenvalue weighted by Crippen LogP contribution is 2.26. The first-order valence-corrected chi connectivity index (χ1v) is 6.86. The summed E-state index contributed by atoms with van der Waals surface area (Å²) in [6.45, 7) is 2.02. The second kappa shape index (κ2) is 5.34. The average molecular weight is 356 g/mol. The van der Waals surface area contributed by atoms with Gasteiger partial charge in [0.05, 0.1) is 0 Å². The van der Waals surface area contributed by atoms with Crippen molar-refractivity contribution in [1.29, 1.82) is 0 Å². The topological polar surface area (TPSA) is 20.2 Å². The number of aliphatic hydroxyl groups excluding tert-OH is 1. The Morgan fingerprint density at radius 2 is 1.53 bits per heavy atom. The largest absolute Gasteiger partial charge is 0.384 e. The van der Waals surface area contributed by atoms with Gasteiger partial charge in [-0.3, -0.25) is 0 Å². The van der Waals surface area contributed by atoms with E-state index < -0.39 is 6.10 Å². The molecule has 0 aromatic heterocycles. The highest BCUT2D eigenvalue weighted by Gasteiger charge is 2.10. The minimum Gasteiger partial charge on any atom is -0.384 e. The van der Waals surface area contributed by atoms with Crippen LogP contribution < -0.4 is 0 Å². The summed E-state index contributed by atoms with van der Waals surface area (Å²) >= 11 is 6.84. The molecule has 0 saturated heterocycles. The molecule has 0 aliphatic rings. The van der Waals surface area contributed by atoms with Crippen molar-refractivity contribution < 1.29 is 5.11 Å². The Morgan fingerprint density at radius 1 is 0.941 bits per heavy atom. The van der Waals surface area contributed by atoms with Gasteiger partial charge in [0.1, 0.15) is 6.10 Å². The highest BCUT2D eigenvalue weighted by atomic mass is 79.9. The maximum atomic E-state index is 10.3. The maximum absolute atomic E-state index is 10.3. The first-order chi connectivity index (χ1) is 8.08. The summed E-state index contributed by atoms with van der Waals surface area (Å²) in [7, 11) is 0. The van der Waals surface area contributed by atoms with Gasteiger partial charge in [-0.15, -0.1) is 0 Å². The fraction of sp³-hybridized carbons (Fsp3) is 0.143. The zero-order valence-corrected chi connectivity index (χ0v) is 12.5. The van der Waals surface area contributed by atoms with Crippen molar-refractivity contribution in [2.45, 2.75) is 13.0 Å². The van der Waals surface area contributed by atoms with E-state index >= 15 is 0 Å². The lowest BCUT2D eigenvalue weighted by atomic mass is 10.0. The molecule has 0 fully saturated rings. The third-order valence-corrected chi connectivity index (χ3v) is 4.10. The third-order valence-electron chi connectivity index (χ3n) is 2.68. The lowest BCUT2D eigenvalue weighted by Gasteiger charge is -2.12. The van der Waals surface area contributed by atoms with Crippen LogP contribution in [-0.2, 0) is 0 Å². The lowest BCUT2D eigenvalue weighted by molar-refractivity contribution is 0.220. The van der Waals surface area contributed by atoms with E-state index in [1.807, 2.05) is 49.4 Å². The number of halogens is 2. The van der Waals surface area contributed by atoms with E-state index in [1.165, 1.54) is 0 Å². The Kier molecular flexibility index (Phi) is 4.02. The van der Waals surface area contributed by atoms with Crippen molar-refractivity contribution in [3.8, 4) is 0 Å². The molecule has 0 aliphatic heterocycles. The molecule has 0 saturated carbocycles. The Morgan fingerprint density at radius 3 is 2.12 bits per heavy atom. The highest BCUT2D eigenvalue weighted by molar-refractivity contribution is 9.10. The van der Waals surface area contributed by atoms with Gasteiger partial charge in [-0.1, -0.05) is 56.1 Å². The van der Waals surface area contributed by atoms with Crippen LogP contribution in [0.15, 0.2) is 51.4 Å². The molecule has 1 nitrogen and oxygen atoms in total. The summed E-state index contributed by atoms with van der Waals surface area (Å²) in [5.41, 5.74) is 2.93. The molecule has 0 bridgehead atoms. The van der Waals surface area contributed by atoms with Crippen LogP contribution in [0.25, 0.3) is 0 Å². The van der Waals surface area contributed by atoms with Crippen LogP contribution in [0, 0.1) is 6.92 Å². The van der Waals surface area contributed by atoms with E-state index in [4.69, 9.17) is 0 Å². The van der Waals surface area contributed by atoms with Crippen molar-refractivity contribution in [3.05, 3.63) is 68.1 Å². The van der Waals surface area contributed by atoms with Crippen molar-refractivity contribution in [2.24, 2.45) is 0 Å².